The molecule has 0 spiro atoms. The summed E-state index contributed by atoms with van der Waals surface area (Å²) < 4.78 is 5.96. The molecule has 0 aliphatic rings. The van der Waals surface area contributed by atoms with Crippen LogP contribution in [0.3, 0.4) is 0 Å². The van der Waals surface area contributed by atoms with Gasteiger partial charge in [0, 0.05) is 10.5 Å². The van der Waals surface area contributed by atoms with Gasteiger partial charge in [0.15, 0.2) is 0 Å². The predicted molar refractivity (Wildman–Crippen MR) is 121 cm³/mol. The van der Waals surface area contributed by atoms with Gasteiger partial charge in [-0.25, -0.2) is 4.79 Å². The Morgan fingerprint density at radius 1 is 0.967 bits per heavy atom. The number of carbonyl (C=O) groups excluding carboxylic acids is 3. The van der Waals surface area contributed by atoms with Crippen LogP contribution in [-0.4, -0.2) is 30.1 Å². The molecular formula is C22H24BrN3O4. The molecule has 0 radical (unpaired) electrons. The highest BCUT2D eigenvalue weighted by Crippen LogP contribution is 2.21. The van der Waals surface area contributed by atoms with E-state index in [0.29, 0.717) is 11.4 Å². The largest absolute Gasteiger partial charge is 0.444 e. The zero-order chi connectivity index (χ0) is 22.1. The minimum Gasteiger partial charge on any atom is -0.444 e. The molecule has 3 N–H and O–H groups in total. The molecule has 0 fully saturated rings. The third kappa shape index (κ3) is 8.08. The van der Waals surface area contributed by atoms with E-state index in [9.17, 15) is 14.4 Å². The zero-order valence-electron chi connectivity index (χ0n) is 17.0. The number of carbonyl (C=O) groups is 3. The molecule has 0 saturated heterocycles. The standard InChI is InChI=1S/C22H24BrN3O4/c1-22(2,3)30-21(29)24-14-20(28)26-18-11-7-6-10-17(18)25-19(27)13-12-15-8-4-5-9-16(15)23/h4-13H,14H2,1-3H3,(H,24,29)(H,25,27)(H,26,28)/b13-12+. The van der Waals surface area contributed by atoms with Crippen molar-refractivity contribution >= 4 is 51.3 Å². The third-order valence-corrected chi connectivity index (χ3v) is 4.29. The lowest BCUT2D eigenvalue weighted by molar-refractivity contribution is -0.115. The van der Waals surface area contributed by atoms with E-state index >= 15 is 0 Å². The first-order chi connectivity index (χ1) is 14.1. The fourth-order valence-electron chi connectivity index (χ4n) is 2.31. The van der Waals surface area contributed by atoms with Gasteiger partial charge in [-0.3, -0.25) is 9.59 Å². The van der Waals surface area contributed by atoms with E-state index in [1.807, 2.05) is 24.3 Å². The molecule has 8 heteroatoms. The molecule has 2 aromatic carbocycles. The van der Waals surface area contributed by atoms with Crippen LogP contribution in [-0.2, 0) is 14.3 Å². The molecule has 158 valence electrons. The number of nitrogens with one attached hydrogen (secondary N) is 3. The van der Waals surface area contributed by atoms with E-state index in [2.05, 4.69) is 31.9 Å². The molecule has 0 aliphatic heterocycles. The molecule has 3 amide bonds. The summed E-state index contributed by atoms with van der Waals surface area (Å²) in [7, 11) is 0. The molecule has 0 unspecified atom stereocenters. The number of anilines is 2. The third-order valence-electron chi connectivity index (χ3n) is 3.57. The van der Waals surface area contributed by atoms with E-state index < -0.39 is 17.6 Å². The smallest absolute Gasteiger partial charge is 0.408 e. The summed E-state index contributed by atoms with van der Waals surface area (Å²) in [6, 6.07) is 14.3. The van der Waals surface area contributed by atoms with Gasteiger partial charge in [0.25, 0.3) is 0 Å². The number of benzene rings is 2. The normalized spacial score (nSPS) is 11.1. The van der Waals surface area contributed by atoms with E-state index in [0.717, 1.165) is 10.0 Å². The Bertz CT molecular complexity index is 951. The lowest BCUT2D eigenvalue weighted by atomic mass is 10.2. The first-order valence-electron chi connectivity index (χ1n) is 9.23. The molecule has 0 aliphatic carbocycles. The Morgan fingerprint density at radius 3 is 2.20 bits per heavy atom. The number of rotatable bonds is 6. The topological polar surface area (TPSA) is 96.5 Å². The van der Waals surface area contributed by atoms with Crippen LogP contribution in [0.1, 0.15) is 26.3 Å². The SMILES string of the molecule is CC(C)(C)OC(=O)NCC(=O)Nc1ccccc1NC(=O)/C=C/c1ccccc1Br. The average molecular weight is 474 g/mol. The van der Waals surface area contributed by atoms with Crippen molar-refractivity contribution in [1.29, 1.82) is 0 Å². The average Bonchev–Trinajstić information content (AvgIpc) is 2.66. The predicted octanol–water partition coefficient (Wildman–Crippen LogP) is 4.56. The van der Waals surface area contributed by atoms with E-state index in [1.54, 1.807) is 51.1 Å². The van der Waals surface area contributed by atoms with Crippen LogP contribution < -0.4 is 16.0 Å². The highest BCUT2D eigenvalue weighted by molar-refractivity contribution is 9.10. The van der Waals surface area contributed by atoms with E-state index in [4.69, 9.17) is 4.74 Å². The van der Waals surface area contributed by atoms with E-state index in [-0.39, 0.29) is 12.5 Å². The van der Waals surface area contributed by atoms with Crippen molar-refractivity contribution in [2.75, 3.05) is 17.2 Å². The minimum atomic E-state index is -0.684. The summed E-state index contributed by atoms with van der Waals surface area (Å²) in [5, 5.41) is 7.78. The van der Waals surface area contributed by atoms with Crippen molar-refractivity contribution < 1.29 is 19.1 Å². The maximum absolute atomic E-state index is 12.3. The van der Waals surface area contributed by atoms with Gasteiger partial charge >= 0.3 is 6.09 Å². The summed E-state index contributed by atoms with van der Waals surface area (Å²) in [5.41, 5.74) is 1.06. The lowest BCUT2D eigenvalue weighted by Gasteiger charge is -2.19. The van der Waals surface area contributed by atoms with Crippen LogP contribution in [0.25, 0.3) is 6.08 Å². The van der Waals surface area contributed by atoms with Crippen LogP contribution >= 0.6 is 15.9 Å². The second kappa shape index (κ2) is 10.6. The summed E-state index contributed by atoms with van der Waals surface area (Å²) in [4.78, 5) is 36.1. The molecule has 30 heavy (non-hydrogen) atoms. The second-order valence-corrected chi connectivity index (χ2v) is 8.15. The lowest BCUT2D eigenvalue weighted by Crippen LogP contribution is -2.37. The van der Waals surface area contributed by atoms with Crippen molar-refractivity contribution in [3.63, 3.8) is 0 Å². The summed E-state index contributed by atoms with van der Waals surface area (Å²) in [6.07, 6.45) is 2.41. The summed E-state index contributed by atoms with van der Waals surface area (Å²) >= 11 is 3.42. The molecule has 0 heterocycles. The molecule has 0 bridgehead atoms. The molecule has 2 rings (SSSR count). The van der Waals surface area contributed by atoms with E-state index in [1.165, 1.54) is 6.08 Å². The van der Waals surface area contributed by atoms with Gasteiger partial charge in [-0.1, -0.05) is 46.3 Å². The number of halogens is 1. The van der Waals surface area contributed by atoms with Crippen LogP contribution in [0.15, 0.2) is 59.1 Å². The number of alkyl carbamates (subject to hydrolysis) is 1. The zero-order valence-corrected chi connectivity index (χ0v) is 18.6. The minimum absolute atomic E-state index is 0.265. The Kier molecular flexibility index (Phi) is 8.17. The van der Waals surface area contributed by atoms with Crippen LogP contribution in [0.5, 0.6) is 0 Å². The number of hydrogen-bond donors (Lipinski definition) is 3. The van der Waals surface area contributed by atoms with Crippen LogP contribution in [0.2, 0.25) is 0 Å². The molecule has 0 aromatic heterocycles. The summed E-state index contributed by atoms with van der Waals surface area (Å²) in [5.74, 6) is -0.800. The molecule has 0 saturated carbocycles. The van der Waals surface area contributed by atoms with Crippen molar-refractivity contribution in [1.82, 2.24) is 5.32 Å². The van der Waals surface area contributed by atoms with Gasteiger partial charge < -0.3 is 20.7 Å². The molecule has 2 aromatic rings. The van der Waals surface area contributed by atoms with Crippen molar-refractivity contribution in [2.45, 2.75) is 26.4 Å². The molecule has 7 nitrogen and oxygen atoms in total. The van der Waals surface area contributed by atoms with Gasteiger partial charge in [0.1, 0.15) is 12.1 Å². The monoisotopic (exact) mass is 473 g/mol. The van der Waals surface area contributed by atoms with Crippen LogP contribution in [0.4, 0.5) is 16.2 Å². The van der Waals surface area contributed by atoms with Gasteiger partial charge in [-0.2, -0.15) is 0 Å². The molecular weight excluding hydrogens is 450 g/mol. The highest BCUT2D eigenvalue weighted by Gasteiger charge is 2.17. The fraction of sp³-hybridized carbons (Fsp3) is 0.227. The number of ether oxygens (including phenoxy) is 1. The fourth-order valence-corrected chi connectivity index (χ4v) is 2.73. The second-order valence-electron chi connectivity index (χ2n) is 7.29. The number of amides is 3. The van der Waals surface area contributed by atoms with Crippen molar-refractivity contribution in [2.24, 2.45) is 0 Å². The Labute approximate surface area is 184 Å². The van der Waals surface area contributed by atoms with Gasteiger partial charge in [0.05, 0.1) is 11.4 Å². The Balaban J connectivity index is 1.95. The first kappa shape index (κ1) is 23.2. The maximum Gasteiger partial charge on any atom is 0.408 e. The van der Waals surface area contributed by atoms with Crippen molar-refractivity contribution in [3.8, 4) is 0 Å². The Hall–Kier alpha value is -3.13. The number of hydrogen-bond acceptors (Lipinski definition) is 4. The molecule has 0 atom stereocenters. The van der Waals surface area contributed by atoms with Crippen molar-refractivity contribution in [3.05, 3.63) is 64.6 Å². The van der Waals surface area contributed by atoms with Gasteiger partial charge in [-0.05, 0) is 50.6 Å². The van der Waals surface area contributed by atoms with Crippen LogP contribution in [0, 0.1) is 0 Å². The van der Waals surface area contributed by atoms with Gasteiger partial charge in [-0.15, -0.1) is 0 Å². The highest BCUT2D eigenvalue weighted by atomic mass is 79.9. The quantitative estimate of drug-likeness (QED) is 0.535. The summed E-state index contributed by atoms with van der Waals surface area (Å²) in [6.45, 7) is 4.93. The Morgan fingerprint density at radius 2 is 1.57 bits per heavy atom. The first-order valence-corrected chi connectivity index (χ1v) is 10.0. The number of para-hydroxylation sites is 2. The maximum atomic E-state index is 12.3. The van der Waals surface area contributed by atoms with Gasteiger partial charge in [0.2, 0.25) is 11.8 Å².